The minimum absolute atomic E-state index is 0.124. The van der Waals surface area contributed by atoms with Gasteiger partial charge in [0.15, 0.2) is 0 Å². The third-order valence-corrected chi connectivity index (χ3v) is 4.81. The summed E-state index contributed by atoms with van der Waals surface area (Å²) >= 11 is 11.9. The number of halogens is 2. The highest BCUT2D eigenvalue weighted by Crippen LogP contribution is 2.31. The summed E-state index contributed by atoms with van der Waals surface area (Å²) in [5.41, 5.74) is 0.678. The SMILES string of the molecule is CCC(CC)NC(=O)C1CCN(c2ccc(Cl)c(Cl)c2)C1=O. The molecule has 120 valence electrons. The van der Waals surface area contributed by atoms with E-state index in [2.05, 4.69) is 5.32 Å². The van der Waals surface area contributed by atoms with Crippen LogP contribution in [0.15, 0.2) is 18.2 Å². The molecule has 4 nitrogen and oxygen atoms in total. The predicted octanol–water partition coefficient (Wildman–Crippen LogP) is 3.65. The summed E-state index contributed by atoms with van der Waals surface area (Å²) in [5.74, 6) is -0.974. The van der Waals surface area contributed by atoms with Crippen molar-refractivity contribution in [1.82, 2.24) is 5.32 Å². The van der Waals surface area contributed by atoms with Crippen LogP contribution < -0.4 is 10.2 Å². The minimum atomic E-state index is -0.616. The Morgan fingerprint density at radius 1 is 1.32 bits per heavy atom. The number of hydrogen-bond acceptors (Lipinski definition) is 2. The quantitative estimate of drug-likeness (QED) is 0.830. The zero-order chi connectivity index (χ0) is 16.3. The molecule has 1 saturated heterocycles. The van der Waals surface area contributed by atoms with E-state index in [0.717, 1.165) is 12.8 Å². The first-order chi connectivity index (χ1) is 10.5. The van der Waals surface area contributed by atoms with E-state index in [4.69, 9.17) is 23.2 Å². The van der Waals surface area contributed by atoms with Gasteiger partial charge in [0.1, 0.15) is 5.92 Å². The number of anilines is 1. The molecule has 0 aromatic heterocycles. The molecule has 1 N–H and O–H groups in total. The molecule has 1 atom stereocenters. The Hall–Kier alpha value is -1.26. The van der Waals surface area contributed by atoms with E-state index in [1.165, 1.54) is 0 Å². The van der Waals surface area contributed by atoms with E-state index in [0.29, 0.717) is 28.7 Å². The number of hydrogen-bond donors (Lipinski definition) is 1. The maximum Gasteiger partial charge on any atom is 0.239 e. The Balaban J connectivity index is 2.09. The van der Waals surface area contributed by atoms with Crippen molar-refractivity contribution in [2.24, 2.45) is 5.92 Å². The molecule has 2 amide bonds. The topological polar surface area (TPSA) is 49.4 Å². The standard InChI is InChI=1S/C16H20Cl2N2O2/c1-3-10(4-2)19-15(21)12-7-8-20(16(12)22)11-5-6-13(17)14(18)9-11/h5-6,9-10,12H,3-4,7-8H2,1-2H3,(H,19,21). The summed E-state index contributed by atoms with van der Waals surface area (Å²) in [4.78, 5) is 26.4. The van der Waals surface area contributed by atoms with Crippen LogP contribution in [0.5, 0.6) is 0 Å². The van der Waals surface area contributed by atoms with Crippen molar-refractivity contribution in [3.05, 3.63) is 28.2 Å². The smallest absolute Gasteiger partial charge is 0.239 e. The normalized spacial score (nSPS) is 18.1. The first-order valence-corrected chi connectivity index (χ1v) is 8.30. The fraction of sp³-hybridized carbons (Fsp3) is 0.500. The fourth-order valence-electron chi connectivity index (χ4n) is 2.63. The average Bonchev–Trinajstić information content (AvgIpc) is 2.89. The third kappa shape index (κ3) is 3.55. The molecule has 0 saturated carbocycles. The van der Waals surface area contributed by atoms with Crippen molar-refractivity contribution >= 4 is 40.7 Å². The molecule has 1 aliphatic heterocycles. The summed E-state index contributed by atoms with van der Waals surface area (Å²) in [6, 6.07) is 5.18. The van der Waals surface area contributed by atoms with Crippen molar-refractivity contribution in [2.75, 3.05) is 11.4 Å². The third-order valence-electron chi connectivity index (χ3n) is 4.07. The van der Waals surface area contributed by atoms with Crippen LogP contribution in [0.4, 0.5) is 5.69 Å². The largest absolute Gasteiger partial charge is 0.353 e. The number of carbonyl (C=O) groups is 2. The monoisotopic (exact) mass is 342 g/mol. The molecule has 2 rings (SSSR count). The number of amides is 2. The highest BCUT2D eigenvalue weighted by molar-refractivity contribution is 6.42. The van der Waals surface area contributed by atoms with E-state index in [1.807, 2.05) is 13.8 Å². The number of rotatable bonds is 5. The summed E-state index contributed by atoms with van der Waals surface area (Å²) in [6.45, 7) is 4.55. The van der Waals surface area contributed by atoms with Gasteiger partial charge >= 0.3 is 0 Å². The van der Waals surface area contributed by atoms with E-state index in [-0.39, 0.29) is 17.9 Å². The Morgan fingerprint density at radius 2 is 2.00 bits per heavy atom. The number of nitrogens with one attached hydrogen (secondary N) is 1. The zero-order valence-electron chi connectivity index (χ0n) is 12.7. The average molecular weight is 343 g/mol. The Kier molecular flexibility index (Phi) is 5.70. The van der Waals surface area contributed by atoms with Crippen LogP contribution in [0.25, 0.3) is 0 Å². The van der Waals surface area contributed by atoms with Crippen LogP contribution in [0.3, 0.4) is 0 Å². The van der Waals surface area contributed by atoms with Gasteiger partial charge in [0.25, 0.3) is 0 Å². The molecule has 0 radical (unpaired) electrons. The molecule has 0 spiro atoms. The first kappa shape index (κ1) is 17.1. The Morgan fingerprint density at radius 3 is 2.59 bits per heavy atom. The lowest BCUT2D eigenvalue weighted by Crippen LogP contribution is -2.41. The molecule has 22 heavy (non-hydrogen) atoms. The number of carbonyl (C=O) groups excluding carboxylic acids is 2. The van der Waals surface area contributed by atoms with Crippen molar-refractivity contribution in [3.8, 4) is 0 Å². The summed E-state index contributed by atoms with van der Waals surface area (Å²) in [5, 5.41) is 3.79. The maximum absolute atomic E-state index is 12.5. The molecule has 1 aromatic rings. The number of benzene rings is 1. The number of nitrogens with zero attached hydrogens (tertiary/aromatic N) is 1. The van der Waals surface area contributed by atoms with Crippen molar-refractivity contribution in [3.63, 3.8) is 0 Å². The van der Waals surface area contributed by atoms with Crippen LogP contribution in [0.1, 0.15) is 33.1 Å². The van der Waals surface area contributed by atoms with Crippen molar-refractivity contribution in [1.29, 1.82) is 0 Å². The highest BCUT2D eigenvalue weighted by atomic mass is 35.5. The minimum Gasteiger partial charge on any atom is -0.353 e. The Bertz CT molecular complexity index is 573. The van der Waals surface area contributed by atoms with E-state index in [9.17, 15) is 9.59 Å². The lowest BCUT2D eigenvalue weighted by Gasteiger charge is -2.19. The summed E-state index contributed by atoms with van der Waals surface area (Å²) in [6.07, 6.45) is 2.24. The molecule has 0 bridgehead atoms. The molecular formula is C16H20Cl2N2O2. The molecule has 0 aliphatic carbocycles. The van der Waals surface area contributed by atoms with Gasteiger partial charge in [-0.2, -0.15) is 0 Å². The Labute approximate surface area is 140 Å². The van der Waals surface area contributed by atoms with Gasteiger partial charge in [-0.05, 0) is 37.5 Å². The second-order valence-corrected chi connectivity index (χ2v) is 6.27. The van der Waals surface area contributed by atoms with Gasteiger partial charge in [0.05, 0.1) is 10.0 Å². The van der Waals surface area contributed by atoms with E-state index < -0.39 is 5.92 Å². The zero-order valence-corrected chi connectivity index (χ0v) is 14.2. The molecule has 1 heterocycles. The van der Waals surface area contributed by atoms with Gasteiger partial charge in [0.2, 0.25) is 11.8 Å². The lowest BCUT2D eigenvalue weighted by molar-refractivity contribution is -0.132. The molecule has 1 fully saturated rings. The fourth-order valence-corrected chi connectivity index (χ4v) is 2.92. The highest BCUT2D eigenvalue weighted by Gasteiger charge is 2.38. The van der Waals surface area contributed by atoms with Crippen LogP contribution >= 0.6 is 23.2 Å². The van der Waals surface area contributed by atoms with Crippen molar-refractivity contribution < 1.29 is 9.59 Å². The summed E-state index contributed by atoms with van der Waals surface area (Å²) in [7, 11) is 0. The van der Waals surface area contributed by atoms with Crippen LogP contribution in [0.2, 0.25) is 10.0 Å². The van der Waals surface area contributed by atoms with Gasteiger partial charge < -0.3 is 10.2 Å². The van der Waals surface area contributed by atoms with Gasteiger partial charge in [0, 0.05) is 18.3 Å². The molecular weight excluding hydrogens is 323 g/mol. The first-order valence-electron chi connectivity index (χ1n) is 7.54. The second kappa shape index (κ2) is 7.34. The van der Waals surface area contributed by atoms with E-state index >= 15 is 0 Å². The molecule has 1 aromatic carbocycles. The van der Waals surface area contributed by atoms with Gasteiger partial charge in [-0.15, -0.1) is 0 Å². The molecule has 1 unspecified atom stereocenters. The molecule has 1 aliphatic rings. The second-order valence-electron chi connectivity index (χ2n) is 5.45. The van der Waals surface area contributed by atoms with Gasteiger partial charge in [-0.25, -0.2) is 0 Å². The van der Waals surface area contributed by atoms with Crippen LogP contribution in [0, 0.1) is 5.92 Å². The predicted molar refractivity (Wildman–Crippen MR) is 89.4 cm³/mol. The van der Waals surface area contributed by atoms with Crippen LogP contribution in [-0.2, 0) is 9.59 Å². The van der Waals surface area contributed by atoms with Crippen LogP contribution in [-0.4, -0.2) is 24.4 Å². The van der Waals surface area contributed by atoms with Gasteiger partial charge in [-0.1, -0.05) is 37.0 Å². The maximum atomic E-state index is 12.5. The lowest BCUT2D eigenvalue weighted by atomic mass is 10.1. The van der Waals surface area contributed by atoms with Crippen molar-refractivity contribution in [2.45, 2.75) is 39.2 Å². The summed E-state index contributed by atoms with van der Waals surface area (Å²) < 4.78 is 0. The van der Waals surface area contributed by atoms with E-state index in [1.54, 1.807) is 23.1 Å². The molecule has 6 heteroatoms. The van der Waals surface area contributed by atoms with Gasteiger partial charge in [-0.3, -0.25) is 9.59 Å².